The lowest BCUT2D eigenvalue weighted by atomic mass is 10.3. The van der Waals surface area contributed by atoms with Crippen LogP contribution in [0, 0.1) is 6.92 Å². The summed E-state index contributed by atoms with van der Waals surface area (Å²) in [6, 6.07) is 0. The van der Waals surface area contributed by atoms with Crippen LogP contribution in [0.3, 0.4) is 0 Å². The van der Waals surface area contributed by atoms with Crippen LogP contribution >= 0.6 is 0 Å². The monoisotopic (exact) mass is 220 g/mol. The van der Waals surface area contributed by atoms with E-state index < -0.39 is 0 Å². The summed E-state index contributed by atoms with van der Waals surface area (Å²) >= 11 is 0. The second kappa shape index (κ2) is 6.20. The van der Waals surface area contributed by atoms with Gasteiger partial charge in [-0.25, -0.2) is 9.97 Å². The number of unbranched alkanes of at least 4 members (excludes halogenated alkanes) is 2. The average Bonchev–Trinajstić information content (AvgIpc) is 2.25. The van der Waals surface area contributed by atoms with Crippen LogP contribution in [0.5, 0.6) is 0 Å². The van der Waals surface area contributed by atoms with E-state index in [0.29, 0.717) is 0 Å². The van der Waals surface area contributed by atoms with Crippen molar-refractivity contribution in [3.05, 3.63) is 12.0 Å². The molecule has 4 nitrogen and oxygen atoms in total. The Morgan fingerprint density at radius 2 is 2.12 bits per heavy atom. The molecular weight excluding hydrogens is 200 g/mol. The third kappa shape index (κ3) is 3.29. The number of rotatable bonds is 5. The van der Waals surface area contributed by atoms with Gasteiger partial charge in [0.1, 0.15) is 12.0 Å². The maximum Gasteiger partial charge on any atom is 0.157 e. The molecule has 16 heavy (non-hydrogen) atoms. The smallest absolute Gasteiger partial charge is 0.157 e. The first-order valence-corrected chi connectivity index (χ1v) is 5.68. The molecule has 0 unspecified atom stereocenters. The molecule has 0 fully saturated rings. The van der Waals surface area contributed by atoms with E-state index in [-0.39, 0.29) is 0 Å². The van der Waals surface area contributed by atoms with E-state index >= 15 is 0 Å². The fourth-order valence-electron chi connectivity index (χ4n) is 1.38. The molecule has 0 saturated carbocycles. The van der Waals surface area contributed by atoms with Gasteiger partial charge in [0, 0.05) is 20.3 Å². The molecule has 0 radical (unpaired) electrons. The van der Waals surface area contributed by atoms with Crippen LogP contribution in [0.2, 0.25) is 0 Å². The van der Waals surface area contributed by atoms with E-state index in [4.69, 9.17) is 0 Å². The largest absolute Gasteiger partial charge is 0.361 e. The fraction of sp³-hybridized carbons (Fsp3) is 0.583. The van der Waals surface area contributed by atoms with Crippen LogP contribution in [0.15, 0.2) is 11.3 Å². The summed E-state index contributed by atoms with van der Waals surface area (Å²) in [5.41, 5.74) is 1.80. The highest BCUT2D eigenvalue weighted by molar-refractivity contribution is 5.71. The quantitative estimate of drug-likeness (QED) is 0.566. The van der Waals surface area contributed by atoms with Crippen molar-refractivity contribution in [1.29, 1.82) is 0 Å². The molecule has 0 aliphatic carbocycles. The highest BCUT2D eigenvalue weighted by Gasteiger charge is 2.07. The molecule has 1 aromatic heterocycles. The third-order valence-electron chi connectivity index (χ3n) is 2.32. The molecule has 0 aliphatic heterocycles. The Balaban J connectivity index is 2.88. The van der Waals surface area contributed by atoms with Crippen LogP contribution in [-0.4, -0.2) is 30.3 Å². The fourth-order valence-corrected chi connectivity index (χ4v) is 1.38. The normalized spacial score (nSPS) is 11.0. The molecule has 0 spiro atoms. The first-order chi connectivity index (χ1) is 7.66. The predicted molar refractivity (Wildman–Crippen MR) is 68.8 cm³/mol. The van der Waals surface area contributed by atoms with Crippen molar-refractivity contribution in [3.63, 3.8) is 0 Å². The maximum atomic E-state index is 4.47. The second-order valence-corrected chi connectivity index (χ2v) is 3.98. The molecule has 88 valence electrons. The first-order valence-electron chi connectivity index (χ1n) is 5.68. The minimum atomic E-state index is 0.875. The van der Waals surface area contributed by atoms with Gasteiger partial charge in [0.15, 0.2) is 5.82 Å². The van der Waals surface area contributed by atoms with E-state index in [1.54, 1.807) is 6.33 Å². The van der Waals surface area contributed by atoms with Gasteiger partial charge in [0.05, 0.1) is 5.69 Å². The van der Waals surface area contributed by atoms with Crippen LogP contribution < -0.4 is 4.90 Å². The van der Waals surface area contributed by atoms with Crippen LogP contribution in [0.1, 0.15) is 31.9 Å². The van der Waals surface area contributed by atoms with Crippen molar-refractivity contribution >= 4 is 17.7 Å². The molecule has 1 rings (SSSR count). The topological polar surface area (TPSA) is 41.4 Å². The van der Waals surface area contributed by atoms with Crippen molar-refractivity contribution in [1.82, 2.24) is 9.97 Å². The minimum Gasteiger partial charge on any atom is -0.361 e. The van der Waals surface area contributed by atoms with Gasteiger partial charge < -0.3 is 4.90 Å². The van der Waals surface area contributed by atoms with E-state index in [9.17, 15) is 0 Å². The highest BCUT2D eigenvalue weighted by Crippen LogP contribution is 2.26. The SMILES string of the molecule is CCCCC=Nc1c(C)ncnc1N(C)C. The molecule has 0 atom stereocenters. The number of aryl methyl sites for hydroxylation is 1. The third-order valence-corrected chi connectivity index (χ3v) is 2.32. The Hall–Kier alpha value is -1.45. The summed E-state index contributed by atoms with van der Waals surface area (Å²) in [7, 11) is 3.93. The number of aliphatic imine (C=N–C) groups is 1. The van der Waals surface area contributed by atoms with Gasteiger partial charge in [-0.2, -0.15) is 0 Å². The molecule has 0 bridgehead atoms. The van der Waals surface area contributed by atoms with Crippen LogP contribution in [0.25, 0.3) is 0 Å². The molecule has 0 saturated heterocycles. The van der Waals surface area contributed by atoms with Gasteiger partial charge in [-0.05, 0) is 19.8 Å². The average molecular weight is 220 g/mol. The summed E-state index contributed by atoms with van der Waals surface area (Å²) in [4.78, 5) is 14.8. The van der Waals surface area contributed by atoms with E-state index in [1.807, 2.05) is 32.1 Å². The number of hydrogen-bond donors (Lipinski definition) is 0. The summed E-state index contributed by atoms with van der Waals surface area (Å²) < 4.78 is 0. The Labute approximate surface area is 97.4 Å². The van der Waals surface area contributed by atoms with E-state index in [1.165, 1.54) is 12.8 Å². The molecule has 1 heterocycles. The Kier molecular flexibility index (Phi) is 4.89. The zero-order valence-electron chi connectivity index (χ0n) is 10.6. The second-order valence-electron chi connectivity index (χ2n) is 3.98. The number of aromatic nitrogens is 2. The minimum absolute atomic E-state index is 0.875. The van der Waals surface area contributed by atoms with Crippen molar-refractivity contribution in [3.8, 4) is 0 Å². The van der Waals surface area contributed by atoms with Crippen molar-refractivity contribution < 1.29 is 0 Å². The molecule has 0 N–H and O–H groups in total. The lowest BCUT2D eigenvalue weighted by Crippen LogP contribution is -2.11. The Morgan fingerprint density at radius 1 is 1.38 bits per heavy atom. The summed E-state index contributed by atoms with van der Waals surface area (Å²) in [6.07, 6.45) is 6.92. The maximum absolute atomic E-state index is 4.47. The Bertz CT molecular complexity index is 358. The van der Waals surface area contributed by atoms with Crippen LogP contribution in [-0.2, 0) is 0 Å². The number of anilines is 1. The lowest BCUT2D eigenvalue weighted by Gasteiger charge is -2.14. The van der Waals surface area contributed by atoms with Crippen molar-refractivity contribution in [2.75, 3.05) is 19.0 Å². The molecule has 0 aliphatic rings. The molecule has 0 amide bonds. The molecular formula is C12H20N4. The first kappa shape index (κ1) is 12.6. The standard InChI is InChI=1S/C12H20N4/c1-5-6-7-8-13-11-10(2)14-9-15-12(11)16(3)4/h8-9H,5-7H2,1-4H3. The molecule has 4 heteroatoms. The summed E-state index contributed by atoms with van der Waals surface area (Å²) in [5.74, 6) is 0.875. The van der Waals surface area contributed by atoms with Gasteiger partial charge in [0.25, 0.3) is 0 Å². The molecule has 0 aromatic carbocycles. The zero-order valence-corrected chi connectivity index (χ0v) is 10.6. The zero-order chi connectivity index (χ0) is 12.0. The van der Waals surface area contributed by atoms with E-state index in [0.717, 1.165) is 23.6 Å². The number of hydrogen-bond acceptors (Lipinski definition) is 4. The highest BCUT2D eigenvalue weighted by atomic mass is 15.2. The van der Waals surface area contributed by atoms with Gasteiger partial charge in [-0.15, -0.1) is 0 Å². The van der Waals surface area contributed by atoms with Crippen molar-refractivity contribution in [2.45, 2.75) is 33.1 Å². The lowest BCUT2D eigenvalue weighted by molar-refractivity contribution is 0.842. The Morgan fingerprint density at radius 3 is 2.75 bits per heavy atom. The van der Waals surface area contributed by atoms with Gasteiger partial charge >= 0.3 is 0 Å². The van der Waals surface area contributed by atoms with Crippen LogP contribution in [0.4, 0.5) is 11.5 Å². The summed E-state index contributed by atoms with van der Waals surface area (Å²) in [6.45, 7) is 4.14. The van der Waals surface area contributed by atoms with Gasteiger partial charge in [-0.1, -0.05) is 13.3 Å². The predicted octanol–water partition coefficient (Wildman–Crippen LogP) is 2.74. The van der Waals surface area contributed by atoms with Crippen molar-refractivity contribution in [2.24, 2.45) is 4.99 Å². The van der Waals surface area contributed by atoms with Gasteiger partial charge in [0.2, 0.25) is 0 Å². The summed E-state index contributed by atoms with van der Waals surface area (Å²) in [5, 5.41) is 0. The number of nitrogens with zero attached hydrogens (tertiary/aromatic N) is 4. The van der Waals surface area contributed by atoms with E-state index in [2.05, 4.69) is 21.9 Å². The van der Waals surface area contributed by atoms with Gasteiger partial charge in [-0.3, -0.25) is 4.99 Å². The molecule has 1 aromatic rings.